The van der Waals surface area contributed by atoms with Crippen molar-refractivity contribution in [2.45, 2.75) is 39.0 Å². The normalized spacial score (nSPS) is 88.5. The first-order valence-corrected chi connectivity index (χ1v) is 6.72. The fourth-order valence-corrected chi connectivity index (χ4v) is 8.88. The van der Waals surface area contributed by atoms with Crippen LogP contribution < -0.4 is 0 Å². The number of rotatable bonds is 0. The highest BCUT2D eigenvalue weighted by atomic mass is 15.0. The lowest BCUT2D eigenvalue weighted by atomic mass is 9.22. The summed E-state index contributed by atoms with van der Waals surface area (Å²) in [7, 11) is 0. The minimum absolute atomic E-state index is 0.848. The summed E-state index contributed by atoms with van der Waals surface area (Å²) >= 11 is 0. The quantitative estimate of drug-likeness (QED) is 0.545. The van der Waals surface area contributed by atoms with Gasteiger partial charge in [0.2, 0.25) is 0 Å². The molecule has 0 aromatic heterocycles. The Bertz CT molecular complexity index is 389. The van der Waals surface area contributed by atoms with Crippen LogP contribution in [-0.4, -0.2) is 0 Å². The van der Waals surface area contributed by atoms with Crippen molar-refractivity contribution >= 4 is 0 Å². The van der Waals surface area contributed by atoms with Crippen molar-refractivity contribution in [2.75, 3.05) is 0 Å². The van der Waals surface area contributed by atoms with E-state index in [4.69, 9.17) is 0 Å². The molecule has 0 aliphatic heterocycles. The van der Waals surface area contributed by atoms with Crippen LogP contribution in [0.15, 0.2) is 0 Å². The number of hydrogen-bond acceptors (Lipinski definition) is 0. The Balaban J connectivity index is 1.80. The molecule has 8 aliphatic rings. The van der Waals surface area contributed by atoms with Crippen molar-refractivity contribution in [1.29, 1.82) is 0 Å². The van der Waals surface area contributed by atoms with Crippen molar-refractivity contribution in [1.82, 2.24) is 0 Å². The summed E-state index contributed by atoms with van der Waals surface area (Å²) in [6, 6.07) is 0. The maximum Gasteiger partial charge on any atom is -0.0149 e. The molecule has 0 N–H and O–H groups in total. The van der Waals surface area contributed by atoms with Gasteiger partial charge in [0.25, 0.3) is 0 Å². The molecular formula is C14H18. The van der Waals surface area contributed by atoms with Gasteiger partial charge in [-0.1, -0.05) is 6.92 Å². The standard InChI is InChI=1S/C14H18/c1-12-6-13-4-7-2-8(12)10-3-9(12)11(5-13)14(7,10)13/h7-11H,2-6H2,1H3. The van der Waals surface area contributed by atoms with Crippen LogP contribution in [0.4, 0.5) is 0 Å². The Hall–Kier alpha value is 0. The molecule has 7 bridgehead atoms. The second-order valence-electron chi connectivity index (χ2n) is 7.90. The fraction of sp³-hybridized carbons (Fsp3) is 1.00. The summed E-state index contributed by atoms with van der Waals surface area (Å²) in [5.74, 6) is 6.10. The molecule has 8 rings (SSSR count). The Morgan fingerprint density at radius 3 is 2.71 bits per heavy atom. The van der Waals surface area contributed by atoms with Gasteiger partial charge >= 0.3 is 0 Å². The molecule has 0 nitrogen and oxygen atoms in total. The molecule has 8 fully saturated rings. The van der Waals surface area contributed by atoms with E-state index in [1.807, 2.05) is 0 Å². The highest BCUT2D eigenvalue weighted by Gasteiger charge is 2.94. The fourth-order valence-electron chi connectivity index (χ4n) is 8.88. The smallest absolute Gasteiger partial charge is 0.0149 e. The zero-order chi connectivity index (χ0) is 8.92. The molecule has 14 heavy (non-hydrogen) atoms. The van der Waals surface area contributed by atoms with E-state index in [9.17, 15) is 0 Å². The molecule has 0 saturated heterocycles. The van der Waals surface area contributed by atoms with E-state index < -0.39 is 0 Å². The van der Waals surface area contributed by atoms with Crippen LogP contribution in [0.25, 0.3) is 0 Å². The Morgan fingerprint density at radius 1 is 0.929 bits per heavy atom. The molecule has 74 valence electrons. The van der Waals surface area contributed by atoms with Crippen molar-refractivity contribution in [2.24, 2.45) is 45.8 Å². The zero-order valence-corrected chi connectivity index (χ0v) is 8.92. The van der Waals surface area contributed by atoms with Crippen LogP contribution in [0.1, 0.15) is 39.0 Å². The summed E-state index contributed by atoms with van der Waals surface area (Å²) in [5, 5.41) is 0. The lowest BCUT2D eigenvalue weighted by Crippen LogP contribution is -2.76. The van der Waals surface area contributed by atoms with Crippen molar-refractivity contribution in [3.8, 4) is 0 Å². The van der Waals surface area contributed by atoms with Crippen LogP contribution in [0, 0.1) is 45.8 Å². The Kier molecular flexibility index (Phi) is 0.607. The van der Waals surface area contributed by atoms with Gasteiger partial charge in [0.05, 0.1) is 0 Å². The van der Waals surface area contributed by atoms with Gasteiger partial charge < -0.3 is 0 Å². The van der Waals surface area contributed by atoms with E-state index in [1.54, 1.807) is 32.1 Å². The van der Waals surface area contributed by atoms with Crippen LogP contribution in [0.2, 0.25) is 0 Å². The lowest BCUT2D eigenvalue weighted by molar-refractivity contribution is -0.343. The monoisotopic (exact) mass is 186 g/mol. The zero-order valence-electron chi connectivity index (χ0n) is 8.92. The van der Waals surface area contributed by atoms with E-state index in [-0.39, 0.29) is 0 Å². The minimum atomic E-state index is 0.848. The Labute approximate surface area is 85.4 Å². The first kappa shape index (κ1) is 6.55. The van der Waals surface area contributed by atoms with Gasteiger partial charge in [0.1, 0.15) is 0 Å². The third-order valence-electron chi connectivity index (χ3n) is 8.50. The topological polar surface area (TPSA) is 0 Å². The van der Waals surface area contributed by atoms with Gasteiger partial charge in [-0.05, 0) is 77.9 Å². The second kappa shape index (κ2) is 1.30. The third-order valence-corrected chi connectivity index (χ3v) is 8.50. The van der Waals surface area contributed by atoms with Crippen molar-refractivity contribution in [3.05, 3.63) is 0 Å². The van der Waals surface area contributed by atoms with E-state index in [0.717, 1.165) is 16.2 Å². The SMILES string of the molecule is CC12CC34CC5CC1C1CC2C(C3)C514. The maximum absolute atomic E-state index is 2.68. The van der Waals surface area contributed by atoms with E-state index in [1.165, 1.54) is 29.6 Å². The summed E-state index contributed by atoms with van der Waals surface area (Å²) in [6.07, 6.45) is 8.34. The molecule has 0 heteroatoms. The highest BCUT2D eigenvalue weighted by Crippen LogP contribution is 3.00. The van der Waals surface area contributed by atoms with Crippen LogP contribution in [-0.2, 0) is 0 Å². The first-order chi connectivity index (χ1) is 6.72. The van der Waals surface area contributed by atoms with Crippen molar-refractivity contribution < 1.29 is 0 Å². The molecule has 0 heterocycles. The summed E-state index contributed by atoms with van der Waals surface area (Å²) in [6.45, 7) is 2.68. The number of hydrogen-bond donors (Lipinski definition) is 0. The molecule has 0 aromatic carbocycles. The predicted octanol–water partition coefficient (Wildman–Crippen LogP) is 3.08. The van der Waals surface area contributed by atoms with Crippen LogP contribution >= 0.6 is 0 Å². The summed E-state index contributed by atoms with van der Waals surface area (Å²) in [5.41, 5.74) is 2.79. The van der Waals surface area contributed by atoms with E-state index in [0.29, 0.717) is 0 Å². The van der Waals surface area contributed by atoms with Gasteiger partial charge in [-0.2, -0.15) is 0 Å². The summed E-state index contributed by atoms with van der Waals surface area (Å²) in [4.78, 5) is 0. The molecule has 8 unspecified atom stereocenters. The first-order valence-electron chi connectivity index (χ1n) is 6.72. The molecule has 2 spiro atoms. The highest BCUT2D eigenvalue weighted by molar-refractivity contribution is 5.42. The van der Waals surface area contributed by atoms with E-state index >= 15 is 0 Å². The maximum atomic E-state index is 2.68. The average molecular weight is 186 g/mol. The van der Waals surface area contributed by atoms with Crippen molar-refractivity contribution in [3.63, 3.8) is 0 Å². The van der Waals surface area contributed by atoms with Gasteiger partial charge in [-0.25, -0.2) is 0 Å². The predicted molar refractivity (Wildman–Crippen MR) is 53.5 cm³/mol. The molecule has 8 atom stereocenters. The molecular weight excluding hydrogens is 168 g/mol. The van der Waals surface area contributed by atoms with Crippen LogP contribution in [0.5, 0.6) is 0 Å². The molecule has 0 aromatic rings. The molecule has 8 aliphatic carbocycles. The third kappa shape index (κ3) is 0.288. The van der Waals surface area contributed by atoms with Gasteiger partial charge in [-0.15, -0.1) is 0 Å². The molecule has 0 radical (unpaired) electrons. The largest absolute Gasteiger partial charge is 0.0591 e. The van der Waals surface area contributed by atoms with Crippen LogP contribution in [0.3, 0.4) is 0 Å². The minimum Gasteiger partial charge on any atom is -0.0591 e. The van der Waals surface area contributed by atoms with Gasteiger partial charge in [0, 0.05) is 0 Å². The Morgan fingerprint density at radius 2 is 1.79 bits per heavy atom. The molecule has 8 saturated carbocycles. The molecule has 0 amide bonds. The summed E-state index contributed by atoms with van der Waals surface area (Å²) < 4.78 is 0. The second-order valence-corrected chi connectivity index (χ2v) is 7.90. The van der Waals surface area contributed by atoms with Gasteiger partial charge in [-0.3, -0.25) is 0 Å². The van der Waals surface area contributed by atoms with E-state index in [2.05, 4.69) is 6.92 Å². The average Bonchev–Trinajstić information content (AvgIpc) is 2.63. The van der Waals surface area contributed by atoms with Gasteiger partial charge in [0.15, 0.2) is 0 Å². The lowest BCUT2D eigenvalue weighted by Gasteiger charge is -2.82.